The molecule has 0 saturated heterocycles. The van der Waals surface area contributed by atoms with Gasteiger partial charge >= 0.3 is 6.03 Å². The summed E-state index contributed by atoms with van der Waals surface area (Å²) in [4.78, 5) is 38.9. The Morgan fingerprint density at radius 2 is 1.71 bits per heavy atom. The number of urea groups is 1. The molecule has 0 radical (unpaired) electrons. The average molecular weight is 419 g/mol. The number of rotatable bonds is 7. The third kappa shape index (κ3) is 6.10. The molecule has 158 valence electrons. The minimum atomic E-state index is -0.537. The number of aromatic nitrogens is 1. The van der Waals surface area contributed by atoms with Gasteiger partial charge in [0.2, 0.25) is 0 Å². The fourth-order valence-electron chi connectivity index (χ4n) is 2.86. The summed E-state index contributed by atoms with van der Waals surface area (Å²) in [7, 11) is 0. The number of hydrogen-bond acceptors (Lipinski definition) is 5. The van der Waals surface area contributed by atoms with E-state index < -0.39 is 10.8 Å². The van der Waals surface area contributed by atoms with E-state index in [0.717, 1.165) is 11.1 Å². The van der Waals surface area contributed by atoms with Crippen molar-refractivity contribution in [3.05, 3.63) is 99.4 Å². The topological polar surface area (TPSA) is 126 Å². The smallest absolute Gasteiger partial charge is 0.319 e. The number of non-ortho nitro benzene ring substituents is 1. The molecule has 1 heterocycles. The van der Waals surface area contributed by atoms with Crippen LogP contribution in [0, 0.1) is 17.0 Å². The molecule has 0 bridgehead atoms. The van der Waals surface area contributed by atoms with Crippen molar-refractivity contribution in [3.63, 3.8) is 0 Å². The number of nitro groups is 1. The number of carbonyl (C=O) groups excluding carboxylic acids is 2. The number of nitrogens with one attached hydrogen (secondary N) is 3. The molecule has 0 fully saturated rings. The molecule has 9 heteroatoms. The van der Waals surface area contributed by atoms with Gasteiger partial charge in [0, 0.05) is 48.9 Å². The molecule has 0 spiro atoms. The highest BCUT2D eigenvalue weighted by atomic mass is 16.6. The quantitative estimate of drug-likeness (QED) is 0.399. The lowest BCUT2D eigenvalue weighted by Gasteiger charge is -2.11. The minimum absolute atomic E-state index is 0.139. The van der Waals surface area contributed by atoms with Crippen molar-refractivity contribution in [2.45, 2.75) is 20.0 Å². The zero-order chi connectivity index (χ0) is 22.2. The van der Waals surface area contributed by atoms with Crippen LogP contribution in [-0.2, 0) is 13.1 Å². The maximum absolute atomic E-state index is 12.5. The zero-order valence-electron chi connectivity index (χ0n) is 16.8. The Bertz CT molecular complexity index is 1100. The van der Waals surface area contributed by atoms with Gasteiger partial charge in [-0.15, -0.1) is 0 Å². The van der Waals surface area contributed by atoms with Crippen LogP contribution in [0.1, 0.15) is 27.0 Å². The molecule has 0 atom stereocenters. The van der Waals surface area contributed by atoms with Crippen molar-refractivity contribution >= 4 is 23.3 Å². The van der Waals surface area contributed by atoms with E-state index in [9.17, 15) is 19.7 Å². The first-order valence-corrected chi connectivity index (χ1v) is 9.48. The predicted molar refractivity (Wildman–Crippen MR) is 116 cm³/mol. The first-order chi connectivity index (χ1) is 14.9. The molecule has 9 nitrogen and oxygen atoms in total. The number of pyridine rings is 1. The van der Waals surface area contributed by atoms with Crippen LogP contribution in [0.4, 0.5) is 16.2 Å². The first kappa shape index (κ1) is 21.4. The lowest BCUT2D eigenvalue weighted by atomic mass is 10.1. The summed E-state index contributed by atoms with van der Waals surface area (Å²) in [6.07, 6.45) is 3.31. The average Bonchev–Trinajstić information content (AvgIpc) is 2.77. The van der Waals surface area contributed by atoms with E-state index in [-0.39, 0.29) is 23.8 Å². The molecule has 1 aromatic heterocycles. The molecule has 2 aromatic carbocycles. The van der Waals surface area contributed by atoms with Crippen LogP contribution in [0.2, 0.25) is 0 Å². The van der Waals surface area contributed by atoms with Crippen LogP contribution in [0.25, 0.3) is 0 Å². The number of benzene rings is 2. The minimum Gasteiger partial charge on any atom is -0.348 e. The van der Waals surface area contributed by atoms with E-state index in [0.29, 0.717) is 17.8 Å². The van der Waals surface area contributed by atoms with Gasteiger partial charge in [0.1, 0.15) is 0 Å². The Hall–Kier alpha value is -4.27. The summed E-state index contributed by atoms with van der Waals surface area (Å²) in [5, 5.41) is 19.2. The molecule has 0 aliphatic heterocycles. The van der Waals surface area contributed by atoms with Crippen molar-refractivity contribution in [1.29, 1.82) is 0 Å². The summed E-state index contributed by atoms with van der Waals surface area (Å²) in [5.41, 5.74) is 3.02. The monoisotopic (exact) mass is 419 g/mol. The van der Waals surface area contributed by atoms with Crippen LogP contribution in [-0.4, -0.2) is 21.8 Å². The Labute approximate surface area is 178 Å². The van der Waals surface area contributed by atoms with Gasteiger partial charge in [-0.25, -0.2) is 4.79 Å². The zero-order valence-corrected chi connectivity index (χ0v) is 16.8. The second kappa shape index (κ2) is 9.97. The number of nitro benzene ring substituents is 1. The predicted octanol–water partition coefficient (Wildman–Crippen LogP) is 3.55. The summed E-state index contributed by atoms with van der Waals surface area (Å²) in [6, 6.07) is 14.5. The van der Waals surface area contributed by atoms with Gasteiger partial charge in [-0.05, 0) is 47.9 Å². The Kier molecular flexibility index (Phi) is 6.89. The molecule has 3 aromatic rings. The Morgan fingerprint density at radius 3 is 2.45 bits per heavy atom. The van der Waals surface area contributed by atoms with Crippen molar-refractivity contribution in [3.8, 4) is 0 Å². The lowest BCUT2D eigenvalue weighted by Crippen LogP contribution is -2.28. The molecule has 0 aliphatic rings. The summed E-state index contributed by atoms with van der Waals surface area (Å²) in [5.74, 6) is -0.408. The van der Waals surface area contributed by atoms with Crippen LogP contribution in [0.3, 0.4) is 0 Å². The second-order valence-electron chi connectivity index (χ2n) is 6.80. The number of carbonyl (C=O) groups is 2. The summed E-state index contributed by atoms with van der Waals surface area (Å²) < 4.78 is 0. The second-order valence-corrected chi connectivity index (χ2v) is 6.80. The van der Waals surface area contributed by atoms with Gasteiger partial charge in [-0.2, -0.15) is 0 Å². The van der Waals surface area contributed by atoms with Gasteiger partial charge in [-0.1, -0.05) is 18.2 Å². The highest BCUT2D eigenvalue weighted by Gasteiger charge is 2.14. The van der Waals surface area contributed by atoms with Crippen molar-refractivity contribution < 1.29 is 14.5 Å². The Balaban J connectivity index is 1.57. The first-order valence-electron chi connectivity index (χ1n) is 9.48. The summed E-state index contributed by atoms with van der Waals surface area (Å²) in [6.45, 7) is 2.29. The van der Waals surface area contributed by atoms with E-state index in [1.807, 2.05) is 12.1 Å². The largest absolute Gasteiger partial charge is 0.348 e. The highest BCUT2D eigenvalue weighted by molar-refractivity contribution is 5.96. The third-order valence-corrected chi connectivity index (χ3v) is 4.52. The number of anilines is 1. The number of aryl methyl sites for hydroxylation is 1. The van der Waals surface area contributed by atoms with Gasteiger partial charge < -0.3 is 16.0 Å². The molecule has 0 saturated carbocycles. The molecule has 31 heavy (non-hydrogen) atoms. The van der Waals surface area contributed by atoms with Crippen molar-refractivity contribution in [2.75, 3.05) is 5.32 Å². The highest BCUT2D eigenvalue weighted by Crippen LogP contribution is 2.17. The maximum atomic E-state index is 12.5. The Morgan fingerprint density at radius 1 is 0.968 bits per heavy atom. The van der Waals surface area contributed by atoms with Crippen LogP contribution in [0.5, 0.6) is 0 Å². The van der Waals surface area contributed by atoms with E-state index >= 15 is 0 Å². The van der Waals surface area contributed by atoms with Crippen LogP contribution >= 0.6 is 0 Å². The number of nitrogens with zero attached hydrogens (tertiary/aromatic N) is 2. The summed E-state index contributed by atoms with van der Waals surface area (Å²) >= 11 is 0. The molecular formula is C22H21N5O4. The van der Waals surface area contributed by atoms with Gasteiger partial charge in [0.15, 0.2) is 0 Å². The fourth-order valence-corrected chi connectivity index (χ4v) is 2.86. The van der Waals surface area contributed by atoms with Crippen molar-refractivity contribution in [2.24, 2.45) is 0 Å². The third-order valence-electron chi connectivity index (χ3n) is 4.52. The van der Waals surface area contributed by atoms with Gasteiger partial charge in [0.05, 0.1) is 4.92 Å². The lowest BCUT2D eigenvalue weighted by molar-refractivity contribution is -0.384. The fraction of sp³-hybridized carbons (Fsp3) is 0.136. The molecule has 0 unspecified atom stereocenters. The molecule has 3 rings (SSSR count). The van der Waals surface area contributed by atoms with Crippen LogP contribution < -0.4 is 16.0 Å². The van der Waals surface area contributed by atoms with E-state index in [4.69, 9.17) is 0 Å². The SMILES string of the molecule is Cc1ccc([N+](=O)[O-])cc1C(=O)NCc1cccc(NC(=O)NCc2ccncc2)c1. The molecule has 3 amide bonds. The van der Waals surface area contributed by atoms with E-state index in [2.05, 4.69) is 20.9 Å². The van der Waals surface area contributed by atoms with Crippen molar-refractivity contribution in [1.82, 2.24) is 15.6 Å². The normalized spacial score (nSPS) is 10.2. The molecule has 0 aliphatic carbocycles. The number of hydrogen-bond donors (Lipinski definition) is 3. The maximum Gasteiger partial charge on any atom is 0.319 e. The molecular weight excluding hydrogens is 398 g/mol. The van der Waals surface area contributed by atoms with E-state index in [1.54, 1.807) is 49.6 Å². The molecule has 3 N–H and O–H groups in total. The standard InChI is InChI=1S/C22H21N5O4/c1-15-5-6-19(27(30)31)12-20(15)21(28)24-14-17-3-2-4-18(11-17)26-22(29)25-13-16-7-9-23-10-8-16/h2-12H,13-14H2,1H3,(H,24,28)(H2,25,26,29). The number of amides is 3. The van der Waals surface area contributed by atoms with Crippen LogP contribution in [0.15, 0.2) is 67.0 Å². The van der Waals surface area contributed by atoms with Gasteiger partial charge in [0.25, 0.3) is 11.6 Å². The van der Waals surface area contributed by atoms with E-state index in [1.165, 1.54) is 12.1 Å². The van der Waals surface area contributed by atoms with Gasteiger partial charge in [-0.3, -0.25) is 19.9 Å².